The summed E-state index contributed by atoms with van der Waals surface area (Å²) in [5.74, 6) is -3.11. The van der Waals surface area contributed by atoms with Crippen LogP contribution in [0.4, 0.5) is 15.3 Å². The number of hydrogen-bond donors (Lipinski definition) is 6. The molecule has 3 aliphatic rings. The molecule has 0 aromatic heterocycles. The van der Waals surface area contributed by atoms with E-state index in [0.717, 1.165) is 40.8 Å². The lowest BCUT2D eigenvalue weighted by molar-refractivity contribution is -0.146. The van der Waals surface area contributed by atoms with Crippen molar-refractivity contribution in [3.05, 3.63) is 125 Å². The smallest absolute Gasteiger partial charge is 0.405 e. The van der Waals surface area contributed by atoms with Gasteiger partial charge in [0.1, 0.15) is 23.2 Å². The van der Waals surface area contributed by atoms with Crippen LogP contribution < -0.4 is 27.0 Å². The zero-order valence-corrected chi connectivity index (χ0v) is 37.3. The number of nitrogens with one attached hydrogen (secondary N) is 2. The molecule has 3 saturated heterocycles. The molecule has 7 rings (SSSR count). The van der Waals surface area contributed by atoms with Crippen molar-refractivity contribution in [2.45, 2.75) is 101 Å². The van der Waals surface area contributed by atoms with Crippen LogP contribution in [0.5, 0.6) is 0 Å². The number of amides is 6. The fraction of sp³-hybridized carbons (Fsp3) is 0.400. The van der Waals surface area contributed by atoms with E-state index < -0.39 is 59.0 Å². The molecule has 65 heavy (non-hydrogen) atoms. The second kappa shape index (κ2) is 18.7. The van der Waals surface area contributed by atoms with Crippen molar-refractivity contribution in [2.75, 3.05) is 18.0 Å². The molecule has 3 heterocycles. The monoisotopic (exact) mass is 885 g/mol. The van der Waals surface area contributed by atoms with Crippen LogP contribution in [0.2, 0.25) is 0 Å². The number of primary amides is 2. The number of carboxylic acid groups (broad SMARTS) is 2. The number of benzene rings is 4. The normalized spacial score (nSPS) is 22.8. The Bertz CT molecular complexity index is 2280. The number of anilines is 1. The Kier molecular flexibility index (Phi) is 13.2. The minimum Gasteiger partial charge on any atom is -0.465 e. The van der Waals surface area contributed by atoms with E-state index in [2.05, 4.69) is 51.9 Å². The number of carbonyl (C=O) groups excluding carboxylic acids is 4. The van der Waals surface area contributed by atoms with Crippen molar-refractivity contribution in [2.24, 2.45) is 23.3 Å². The van der Waals surface area contributed by atoms with Crippen molar-refractivity contribution in [3.8, 4) is 11.1 Å². The Hall–Kier alpha value is -6.90. The van der Waals surface area contributed by atoms with Gasteiger partial charge in [0.25, 0.3) is 0 Å². The highest BCUT2D eigenvalue weighted by molar-refractivity contribution is 5.96. The van der Waals surface area contributed by atoms with E-state index in [1.165, 1.54) is 9.80 Å². The van der Waals surface area contributed by atoms with Gasteiger partial charge in [-0.3, -0.25) is 19.2 Å². The number of carbonyl (C=O) groups is 6. The number of likely N-dealkylation sites (tertiary alicyclic amines) is 2. The molecule has 0 saturated carbocycles. The van der Waals surface area contributed by atoms with Gasteiger partial charge >= 0.3 is 12.2 Å². The number of nitrogens with two attached hydrogens (primary N) is 2. The van der Waals surface area contributed by atoms with Crippen LogP contribution in [0.25, 0.3) is 11.1 Å². The molecule has 0 aliphatic carbocycles. The third kappa shape index (κ3) is 8.59. The molecule has 8 N–H and O–H groups in total. The highest BCUT2D eigenvalue weighted by atomic mass is 16.4. The van der Waals surface area contributed by atoms with Gasteiger partial charge in [0.05, 0.1) is 12.1 Å². The van der Waals surface area contributed by atoms with E-state index in [1.54, 1.807) is 27.7 Å². The van der Waals surface area contributed by atoms with Crippen LogP contribution in [-0.4, -0.2) is 81.0 Å². The second-order valence-corrected chi connectivity index (χ2v) is 18.2. The quantitative estimate of drug-likeness (QED) is 0.0798. The highest BCUT2D eigenvalue weighted by Gasteiger charge is 2.53. The van der Waals surface area contributed by atoms with E-state index in [0.29, 0.717) is 36.8 Å². The summed E-state index contributed by atoms with van der Waals surface area (Å²) >= 11 is 0. The highest BCUT2D eigenvalue weighted by Crippen LogP contribution is 2.49. The molecule has 3 aliphatic heterocycles. The molecule has 0 unspecified atom stereocenters. The van der Waals surface area contributed by atoms with E-state index in [9.17, 15) is 39.0 Å². The summed E-state index contributed by atoms with van der Waals surface area (Å²) in [6.07, 6.45) is 0.484. The SMILES string of the molecule is CC(C)[C@H](NC(=O)O)C(=O)N1CCC[C@@]1(C(N)=O)c1ccc([C@H]2CC[C@H](c3ccc([C@]4(C(N)=O)CCCN4C(=O)[C@@H](NC(=O)O)C(C)C)cc3)N2c2ccc(-c3ccccc3)cc2)cc1. The largest absolute Gasteiger partial charge is 0.465 e. The minimum atomic E-state index is -1.46. The predicted molar refractivity (Wildman–Crippen MR) is 245 cm³/mol. The molecule has 6 amide bonds. The van der Waals surface area contributed by atoms with Gasteiger partial charge in [-0.15, -0.1) is 0 Å². The first-order chi connectivity index (χ1) is 31.0. The first-order valence-corrected chi connectivity index (χ1v) is 22.4. The third-order valence-corrected chi connectivity index (χ3v) is 13.7. The van der Waals surface area contributed by atoms with Crippen LogP contribution in [0.3, 0.4) is 0 Å². The van der Waals surface area contributed by atoms with Crippen LogP contribution in [-0.2, 0) is 30.3 Å². The topological polar surface area (TPSA) is 229 Å². The van der Waals surface area contributed by atoms with Gasteiger partial charge in [-0.25, -0.2) is 9.59 Å². The number of rotatable bonds is 14. The van der Waals surface area contributed by atoms with Crippen LogP contribution in [0, 0.1) is 11.8 Å². The van der Waals surface area contributed by atoms with Gasteiger partial charge in [0.2, 0.25) is 23.6 Å². The molecule has 0 radical (unpaired) electrons. The van der Waals surface area contributed by atoms with Gasteiger partial charge in [0.15, 0.2) is 0 Å². The maximum absolute atomic E-state index is 14.0. The lowest BCUT2D eigenvalue weighted by atomic mass is 9.84. The van der Waals surface area contributed by atoms with Crippen LogP contribution in [0.1, 0.15) is 101 Å². The maximum atomic E-state index is 14.0. The Morgan fingerprint density at radius 2 is 0.954 bits per heavy atom. The Morgan fingerprint density at radius 1 is 0.569 bits per heavy atom. The first-order valence-electron chi connectivity index (χ1n) is 22.4. The first kappa shape index (κ1) is 46.1. The zero-order valence-electron chi connectivity index (χ0n) is 37.3. The Morgan fingerprint density at radius 3 is 1.31 bits per heavy atom. The van der Waals surface area contributed by atoms with Gasteiger partial charge in [-0.05, 0) is 95.9 Å². The van der Waals surface area contributed by atoms with Gasteiger partial charge in [0, 0.05) is 18.8 Å². The molecule has 4 aromatic rings. The fourth-order valence-electron chi connectivity index (χ4n) is 10.5. The van der Waals surface area contributed by atoms with E-state index in [1.807, 2.05) is 66.7 Å². The van der Waals surface area contributed by atoms with Crippen molar-refractivity contribution < 1.29 is 39.0 Å². The van der Waals surface area contributed by atoms with Crippen molar-refractivity contribution >= 4 is 41.5 Å². The molecular formula is C50H59N7O8. The summed E-state index contributed by atoms with van der Waals surface area (Å²) in [7, 11) is 0. The summed E-state index contributed by atoms with van der Waals surface area (Å²) < 4.78 is 0. The Labute approximate surface area is 379 Å². The third-order valence-electron chi connectivity index (χ3n) is 13.7. The van der Waals surface area contributed by atoms with E-state index in [-0.39, 0.29) is 37.0 Å². The second-order valence-electron chi connectivity index (χ2n) is 18.2. The molecule has 3 fully saturated rings. The van der Waals surface area contributed by atoms with E-state index >= 15 is 0 Å². The standard InChI is InChI=1S/C50H59N7O8/c1-30(2)41(53-47(62)63)43(58)55-28-8-26-49(55,45(51)60)36-18-12-34(13-19-36)39-24-25-40(57(39)38-22-16-33(17-23-38)32-10-6-5-7-11-32)35-14-20-37(21-15-35)50(46(52)61)27-9-29-56(50)44(59)42(31(3)4)54-48(64)65/h5-7,10-23,30-31,39-42,53-54H,8-9,24-29H2,1-4H3,(H2,51,60)(H2,52,61)(H,62,63)(H,64,65)/t39-,40-,41+,42+,49+,50+/m1/s1. The van der Waals surface area contributed by atoms with Crippen LogP contribution in [0.15, 0.2) is 103 Å². The van der Waals surface area contributed by atoms with Crippen molar-refractivity contribution in [3.63, 3.8) is 0 Å². The van der Waals surface area contributed by atoms with Crippen LogP contribution >= 0.6 is 0 Å². The number of nitrogens with zero attached hydrogens (tertiary/aromatic N) is 3. The molecule has 0 bridgehead atoms. The molecule has 15 nitrogen and oxygen atoms in total. The molecular weight excluding hydrogens is 827 g/mol. The summed E-state index contributed by atoms with van der Waals surface area (Å²) in [6.45, 7) is 7.48. The lowest BCUT2D eigenvalue weighted by Crippen LogP contribution is -2.59. The molecule has 342 valence electrons. The average Bonchev–Trinajstić information content (AvgIpc) is 4.06. The minimum absolute atomic E-state index is 0.123. The van der Waals surface area contributed by atoms with Crippen molar-refractivity contribution in [1.82, 2.24) is 20.4 Å². The van der Waals surface area contributed by atoms with Gasteiger partial charge in [-0.1, -0.05) is 119 Å². The number of hydrogen-bond acceptors (Lipinski definition) is 7. The summed E-state index contributed by atoms with van der Waals surface area (Å²) in [6, 6.07) is 31.5. The molecule has 4 aromatic carbocycles. The van der Waals surface area contributed by atoms with Gasteiger partial charge in [-0.2, -0.15) is 0 Å². The summed E-state index contributed by atoms with van der Waals surface area (Å²) in [5.41, 5.74) is 15.6. The fourth-order valence-corrected chi connectivity index (χ4v) is 10.5. The Balaban J connectivity index is 1.23. The summed E-state index contributed by atoms with van der Waals surface area (Å²) in [4.78, 5) is 83.5. The van der Waals surface area contributed by atoms with E-state index in [4.69, 9.17) is 11.5 Å². The lowest BCUT2D eigenvalue weighted by Gasteiger charge is -2.39. The average molecular weight is 886 g/mol. The van der Waals surface area contributed by atoms with Crippen molar-refractivity contribution in [1.29, 1.82) is 0 Å². The molecule has 6 atom stereocenters. The molecule has 15 heteroatoms. The predicted octanol–water partition coefficient (Wildman–Crippen LogP) is 6.63. The summed E-state index contributed by atoms with van der Waals surface area (Å²) in [5, 5.41) is 23.7. The zero-order chi connectivity index (χ0) is 46.8. The molecule has 0 spiro atoms. The maximum Gasteiger partial charge on any atom is 0.405 e. The van der Waals surface area contributed by atoms with Gasteiger partial charge < -0.3 is 47.0 Å².